The summed E-state index contributed by atoms with van der Waals surface area (Å²) in [4.78, 5) is 25.4. The number of alkyl halides is 3. The predicted molar refractivity (Wildman–Crippen MR) is 111 cm³/mol. The molecule has 0 aliphatic rings. The van der Waals surface area contributed by atoms with Crippen molar-refractivity contribution >= 4 is 22.8 Å². The molecule has 1 unspecified atom stereocenters. The number of carbonyl (C=O) groups excluding carboxylic acids is 1. The number of benzene rings is 2. The molecule has 0 fully saturated rings. The molecule has 0 saturated carbocycles. The number of hydrogen-bond acceptors (Lipinski definition) is 4. The number of carboxylic acids is 1. The zero-order valence-electron chi connectivity index (χ0n) is 17.9. The zero-order valence-corrected chi connectivity index (χ0v) is 17.9. The fraction of sp³-hybridized carbons (Fsp3) is 0.304. The van der Waals surface area contributed by atoms with E-state index in [2.05, 4.69) is 4.74 Å². The molecule has 0 spiro atoms. The van der Waals surface area contributed by atoms with Gasteiger partial charge in [-0.25, -0.2) is 4.39 Å². The molecule has 0 aliphatic carbocycles. The normalized spacial score (nSPS) is 13.7. The molecule has 33 heavy (non-hydrogen) atoms. The number of aromatic hydroxyl groups is 1. The number of phenols is 1. The minimum absolute atomic E-state index is 0.0278. The number of ether oxygens (including phenoxy) is 1. The van der Waals surface area contributed by atoms with Crippen molar-refractivity contribution in [2.24, 2.45) is 5.92 Å². The molecular formula is C23H21F4NO5. The Labute approximate surface area is 186 Å². The van der Waals surface area contributed by atoms with Gasteiger partial charge in [0.05, 0.1) is 11.4 Å². The van der Waals surface area contributed by atoms with Gasteiger partial charge in [-0.3, -0.25) is 14.2 Å². The van der Waals surface area contributed by atoms with Gasteiger partial charge in [0.2, 0.25) is 0 Å². The molecule has 6 nitrogen and oxygen atoms in total. The van der Waals surface area contributed by atoms with Gasteiger partial charge in [0, 0.05) is 22.7 Å². The number of carbonyl (C=O) groups is 2. The molecule has 0 bridgehead atoms. The molecule has 2 atom stereocenters. The van der Waals surface area contributed by atoms with E-state index in [1.165, 1.54) is 6.92 Å². The van der Waals surface area contributed by atoms with E-state index in [-0.39, 0.29) is 33.6 Å². The van der Waals surface area contributed by atoms with Gasteiger partial charge in [-0.15, -0.1) is 13.2 Å². The molecule has 1 heterocycles. The maximum absolute atomic E-state index is 14.2. The van der Waals surface area contributed by atoms with Gasteiger partial charge in [-0.2, -0.15) is 0 Å². The molecule has 3 rings (SSSR count). The highest BCUT2D eigenvalue weighted by Gasteiger charge is 2.34. The largest absolute Gasteiger partial charge is 0.573 e. The summed E-state index contributed by atoms with van der Waals surface area (Å²) in [6.07, 6.45) is -4.39. The Bertz CT molecular complexity index is 1210. The van der Waals surface area contributed by atoms with Crippen molar-refractivity contribution in [2.75, 3.05) is 0 Å². The molecular weight excluding hydrogens is 446 g/mol. The second-order valence-electron chi connectivity index (χ2n) is 7.73. The summed E-state index contributed by atoms with van der Waals surface area (Å²) in [6.45, 7) is 5.04. The Balaban J connectivity index is 2.21. The molecule has 2 aromatic carbocycles. The van der Waals surface area contributed by atoms with Crippen LogP contribution in [-0.2, 0) is 4.79 Å². The van der Waals surface area contributed by atoms with Crippen molar-refractivity contribution in [1.82, 2.24) is 4.57 Å². The smallest absolute Gasteiger partial charge is 0.505 e. The van der Waals surface area contributed by atoms with E-state index in [0.29, 0.717) is 6.42 Å². The topological polar surface area (TPSA) is 88.8 Å². The summed E-state index contributed by atoms with van der Waals surface area (Å²) in [7, 11) is 0. The number of phenolic OH excluding ortho intramolecular Hbond substituents is 1. The maximum Gasteiger partial charge on any atom is 0.573 e. The van der Waals surface area contributed by atoms with E-state index in [1.54, 1.807) is 6.92 Å². The number of fused-ring (bicyclic) bond motifs is 1. The lowest BCUT2D eigenvalue weighted by Crippen LogP contribution is -2.21. The monoisotopic (exact) mass is 467 g/mol. The molecule has 176 valence electrons. The van der Waals surface area contributed by atoms with E-state index in [1.807, 2.05) is 6.92 Å². The van der Waals surface area contributed by atoms with Gasteiger partial charge in [0.1, 0.15) is 5.75 Å². The highest BCUT2D eigenvalue weighted by molar-refractivity contribution is 6.05. The quantitative estimate of drug-likeness (QED) is 0.461. The number of carboxylic acid groups (broad SMARTS) is 1. The van der Waals surface area contributed by atoms with Gasteiger partial charge < -0.3 is 14.9 Å². The molecule has 0 saturated heterocycles. The van der Waals surface area contributed by atoms with Crippen LogP contribution in [0.25, 0.3) is 10.9 Å². The van der Waals surface area contributed by atoms with Crippen LogP contribution in [0.2, 0.25) is 0 Å². The third kappa shape index (κ3) is 4.64. The van der Waals surface area contributed by atoms with Crippen LogP contribution in [-0.4, -0.2) is 33.0 Å². The Kier molecular flexibility index (Phi) is 6.40. The van der Waals surface area contributed by atoms with Crippen LogP contribution >= 0.6 is 0 Å². The zero-order chi connectivity index (χ0) is 24.7. The summed E-state index contributed by atoms with van der Waals surface area (Å²) in [5.74, 6) is -5.47. The van der Waals surface area contributed by atoms with Crippen LogP contribution in [0.4, 0.5) is 17.6 Å². The standard InChI is InChI=1S/C23H21F4NO5/c1-4-11(2)19(22(31)32)20-12(3)28(17-10-16(24)18(29)9-15(17)20)21(30)13-5-7-14(8-6-13)33-23(25,26)27/h5-11,19,29H,4H2,1-3H3,(H,31,32)/t11?,19-/m0/s1. The van der Waals surface area contributed by atoms with Gasteiger partial charge in [-0.1, -0.05) is 20.3 Å². The number of aliphatic carboxylic acids is 1. The van der Waals surface area contributed by atoms with Crippen molar-refractivity contribution < 1.29 is 42.1 Å². The number of hydrogen-bond donors (Lipinski definition) is 2. The lowest BCUT2D eigenvalue weighted by molar-refractivity contribution is -0.274. The lowest BCUT2D eigenvalue weighted by atomic mass is 9.84. The van der Waals surface area contributed by atoms with E-state index >= 15 is 0 Å². The summed E-state index contributed by atoms with van der Waals surface area (Å²) in [5, 5.41) is 20.0. The molecule has 10 heteroatoms. The van der Waals surface area contributed by atoms with Crippen LogP contribution in [0.15, 0.2) is 36.4 Å². The first kappa shape index (κ1) is 24.1. The maximum atomic E-state index is 14.2. The Hall–Kier alpha value is -3.56. The van der Waals surface area contributed by atoms with Gasteiger partial charge >= 0.3 is 12.3 Å². The number of aromatic nitrogens is 1. The number of halogens is 4. The van der Waals surface area contributed by atoms with E-state index in [4.69, 9.17) is 0 Å². The molecule has 0 radical (unpaired) electrons. The molecule has 3 aromatic rings. The second-order valence-corrected chi connectivity index (χ2v) is 7.73. The van der Waals surface area contributed by atoms with Crippen LogP contribution in [0.1, 0.15) is 47.8 Å². The van der Waals surface area contributed by atoms with Crippen LogP contribution < -0.4 is 4.74 Å². The third-order valence-corrected chi connectivity index (χ3v) is 5.65. The molecule has 2 N–H and O–H groups in total. The molecule has 0 aliphatic heterocycles. The van der Waals surface area contributed by atoms with Crippen molar-refractivity contribution in [2.45, 2.75) is 39.5 Å². The molecule has 1 aromatic heterocycles. The SMILES string of the molecule is CCC(C)[C@H](C(=O)O)c1c(C)n(C(=O)c2ccc(OC(F)(F)F)cc2)c2cc(F)c(O)cc12. The number of nitrogens with zero attached hydrogens (tertiary/aromatic N) is 1. The second kappa shape index (κ2) is 8.76. The van der Waals surface area contributed by atoms with Crippen molar-refractivity contribution in [3.05, 3.63) is 59.0 Å². The van der Waals surface area contributed by atoms with E-state index < -0.39 is 41.5 Å². The predicted octanol–water partition coefficient (Wildman–Crippen LogP) is 5.60. The summed E-state index contributed by atoms with van der Waals surface area (Å²) in [5.41, 5.74) is 0.490. The van der Waals surface area contributed by atoms with Crippen LogP contribution in [0.5, 0.6) is 11.5 Å². The first-order valence-electron chi connectivity index (χ1n) is 10.0. The van der Waals surface area contributed by atoms with E-state index in [0.717, 1.165) is 41.0 Å². The van der Waals surface area contributed by atoms with Gasteiger partial charge in [-0.05, 0) is 48.7 Å². The molecule has 0 amide bonds. The summed E-state index contributed by atoms with van der Waals surface area (Å²) in [6, 6.07) is 6.18. The first-order valence-corrected chi connectivity index (χ1v) is 10.0. The highest BCUT2D eigenvalue weighted by atomic mass is 19.4. The van der Waals surface area contributed by atoms with Crippen LogP contribution in [0, 0.1) is 18.7 Å². The van der Waals surface area contributed by atoms with Gasteiger partial charge in [0.15, 0.2) is 11.6 Å². The van der Waals surface area contributed by atoms with E-state index in [9.17, 15) is 37.4 Å². The minimum Gasteiger partial charge on any atom is -0.505 e. The fourth-order valence-corrected chi connectivity index (χ4v) is 3.92. The first-order chi connectivity index (χ1) is 15.4. The number of rotatable bonds is 6. The van der Waals surface area contributed by atoms with Crippen LogP contribution in [0.3, 0.4) is 0 Å². The summed E-state index contributed by atoms with van der Waals surface area (Å²) < 4.78 is 56.3. The Morgan fingerprint density at radius 3 is 2.27 bits per heavy atom. The average molecular weight is 467 g/mol. The fourth-order valence-electron chi connectivity index (χ4n) is 3.92. The van der Waals surface area contributed by atoms with Crippen molar-refractivity contribution in [3.8, 4) is 11.5 Å². The van der Waals surface area contributed by atoms with Crippen molar-refractivity contribution in [1.29, 1.82) is 0 Å². The third-order valence-electron chi connectivity index (χ3n) is 5.65. The van der Waals surface area contributed by atoms with Crippen molar-refractivity contribution in [3.63, 3.8) is 0 Å². The average Bonchev–Trinajstić information content (AvgIpc) is 2.98. The van der Waals surface area contributed by atoms with Gasteiger partial charge in [0.25, 0.3) is 5.91 Å². The summed E-state index contributed by atoms with van der Waals surface area (Å²) >= 11 is 0. The Morgan fingerprint density at radius 1 is 1.15 bits per heavy atom. The minimum atomic E-state index is -4.89. The Morgan fingerprint density at radius 2 is 1.76 bits per heavy atom. The highest BCUT2D eigenvalue weighted by Crippen LogP contribution is 2.39. The lowest BCUT2D eigenvalue weighted by Gasteiger charge is -2.20.